The highest BCUT2D eigenvalue weighted by Gasteiger charge is 2.18. The van der Waals surface area contributed by atoms with Gasteiger partial charge in [0.1, 0.15) is 0 Å². The van der Waals surface area contributed by atoms with Gasteiger partial charge < -0.3 is 10.3 Å². The van der Waals surface area contributed by atoms with Crippen LogP contribution in [0.25, 0.3) is 10.9 Å². The van der Waals surface area contributed by atoms with Gasteiger partial charge in [-0.25, -0.2) is 0 Å². The molecule has 1 aromatic heterocycles. The van der Waals surface area contributed by atoms with Gasteiger partial charge >= 0.3 is 0 Å². The molecule has 0 saturated carbocycles. The lowest BCUT2D eigenvalue weighted by Crippen LogP contribution is -2.26. The molecule has 1 fully saturated rings. The highest BCUT2D eigenvalue weighted by molar-refractivity contribution is 9.10. The first-order chi connectivity index (χ1) is 7.86. The van der Waals surface area contributed by atoms with E-state index >= 15 is 0 Å². The second-order valence-electron chi connectivity index (χ2n) is 4.43. The van der Waals surface area contributed by atoms with Crippen LogP contribution in [0.1, 0.15) is 24.3 Å². The van der Waals surface area contributed by atoms with Crippen LogP contribution in [0.5, 0.6) is 0 Å². The molecule has 84 valence electrons. The molecule has 1 aromatic carbocycles. The van der Waals surface area contributed by atoms with E-state index < -0.39 is 0 Å². The number of aromatic nitrogens is 1. The van der Waals surface area contributed by atoms with E-state index in [4.69, 9.17) is 0 Å². The van der Waals surface area contributed by atoms with Crippen molar-refractivity contribution in [3.63, 3.8) is 0 Å². The first kappa shape index (κ1) is 10.4. The lowest BCUT2D eigenvalue weighted by atomic mass is 9.90. The highest BCUT2D eigenvalue weighted by Crippen LogP contribution is 2.33. The number of para-hydroxylation sites is 1. The summed E-state index contributed by atoms with van der Waals surface area (Å²) in [6.45, 7) is 2.29. The van der Waals surface area contributed by atoms with Crippen molar-refractivity contribution >= 4 is 26.8 Å². The quantitative estimate of drug-likeness (QED) is 0.822. The Bertz CT molecular complexity index is 498. The van der Waals surface area contributed by atoms with Crippen LogP contribution in [0.4, 0.5) is 0 Å². The van der Waals surface area contributed by atoms with Gasteiger partial charge in [0.2, 0.25) is 0 Å². The van der Waals surface area contributed by atoms with Crippen molar-refractivity contribution in [2.24, 2.45) is 0 Å². The molecule has 0 atom stereocenters. The van der Waals surface area contributed by atoms with Crippen molar-refractivity contribution in [1.29, 1.82) is 0 Å². The maximum absolute atomic E-state index is 3.59. The van der Waals surface area contributed by atoms with Crippen molar-refractivity contribution in [3.05, 3.63) is 34.4 Å². The fraction of sp³-hybridized carbons (Fsp3) is 0.385. The summed E-state index contributed by atoms with van der Waals surface area (Å²) in [6.07, 6.45) is 4.68. The molecule has 0 spiro atoms. The summed E-state index contributed by atoms with van der Waals surface area (Å²) in [6, 6.07) is 6.42. The van der Waals surface area contributed by atoms with Crippen molar-refractivity contribution in [2.45, 2.75) is 18.8 Å². The van der Waals surface area contributed by atoms with Crippen LogP contribution in [0, 0.1) is 0 Å². The monoisotopic (exact) mass is 278 g/mol. The van der Waals surface area contributed by atoms with E-state index in [-0.39, 0.29) is 0 Å². The SMILES string of the molecule is Brc1cccc2c(C3CCNCC3)c[nH]c12. The largest absolute Gasteiger partial charge is 0.360 e. The van der Waals surface area contributed by atoms with Crippen LogP contribution in [-0.2, 0) is 0 Å². The van der Waals surface area contributed by atoms with Gasteiger partial charge in [-0.1, -0.05) is 12.1 Å². The third kappa shape index (κ3) is 1.68. The van der Waals surface area contributed by atoms with E-state index in [0.717, 1.165) is 17.6 Å². The summed E-state index contributed by atoms with van der Waals surface area (Å²) in [5.41, 5.74) is 2.72. The normalized spacial score (nSPS) is 18.1. The van der Waals surface area contributed by atoms with Crippen molar-refractivity contribution < 1.29 is 0 Å². The maximum atomic E-state index is 3.59. The zero-order chi connectivity index (χ0) is 11.0. The predicted molar refractivity (Wildman–Crippen MR) is 70.8 cm³/mol. The number of hydrogen-bond acceptors (Lipinski definition) is 1. The number of aromatic amines is 1. The van der Waals surface area contributed by atoms with Gasteiger partial charge in [-0.05, 0) is 59.4 Å². The van der Waals surface area contributed by atoms with E-state index in [9.17, 15) is 0 Å². The Hall–Kier alpha value is -0.800. The number of H-pyrrole nitrogens is 1. The molecule has 3 heteroatoms. The first-order valence-electron chi connectivity index (χ1n) is 5.82. The molecule has 2 nitrogen and oxygen atoms in total. The van der Waals surface area contributed by atoms with E-state index in [0.29, 0.717) is 5.92 Å². The molecule has 0 aliphatic carbocycles. The molecule has 2 heterocycles. The Balaban J connectivity index is 2.06. The second-order valence-corrected chi connectivity index (χ2v) is 5.29. The van der Waals surface area contributed by atoms with Crippen molar-refractivity contribution in [3.8, 4) is 0 Å². The highest BCUT2D eigenvalue weighted by atomic mass is 79.9. The first-order valence-corrected chi connectivity index (χ1v) is 6.62. The van der Waals surface area contributed by atoms with E-state index in [1.54, 1.807) is 0 Å². The third-order valence-corrected chi connectivity index (χ3v) is 4.14. The summed E-state index contributed by atoms with van der Waals surface area (Å²) in [5, 5.41) is 4.79. The average Bonchev–Trinajstić information content (AvgIpc) is 2.75. The number of fused-ring (bicyclic) bond motifs is 1. The number of piperidine rings is 1. The summed E-state index contributed by atoms with van der Waals surface area (Å²) < 4.78 is 1.16. The standard InChI is InChI=1S/C13H15BrN2/c14-12-3-1-2-10-11(8-16-13(10)12)9-4-6-15-7-5-9/h1-3,8-9,15-16H,4-7H2. The van der Waals surface area contributed by atoms with Crippen LogP contribution < -0.4 is 5.32 Å². The molecule has 2 N–H and O–H groups in total. The average molecular weight is 279 g/mol. The molecule has 0 unspecified atom stereocenters. The molecule has 0 bridgehead atoms. The summed E-state index contributed by atoms with van der Waals surface area (Å²) in [5.74, 6) is 0.712. The zero-order valence-electron chi connectivity index (χ0n) is 9.09. The lowest BCUT2D eigenvalue weighted by molar-refractivity contribution is 0.462. The van der Waals surface area contributed by atoms with Crippen LogP contribution in [-0.4, -0.2) is 18.1 Å². The topological polar surface area (TPSA) is 27.8 Å². The molecule has 1 saturated heterocycles. The van der Waals surface area contributed by atoms with Gasteiger partial charge in [0.25, 0.3) is 0 Å². The van der Waals surface area contributed by atoms with Crippen LogP contribution in [0.15, 0.2) is 28.9 Å². The van der Waals surface area contributed by atoms with Gasteiger partial charge in [-0.2, -0.15) is 0 Å². The number of rotatable bonds is 1. The zero-order valence-corrected chi connectivity index (χ0v) is 10.7. The van der Waals surface area contributed by atoms with Crippen molar-refractivity contribution in [1.82, 2.24) is 10.3 Å². The van der Waals surface area contributed by atoms with E-state index in [2.05, 4.69) is 50.6 Å². The van der Waals surface area contributed by atoms with E-state index in [1.807, 2.05) is 0 Å². The molecule has 0 amide bonds. The fourth-order valence-corrected chi connectivity index (χ4v) is 3.09. The number of halogens is 1. The lowest BCUT2D eigenvalue weighted by Gasteiger charge is -2.22. The Morgan fingerprint density at radius 3 is 2.81 bits per heavy atom. The third-order valence-electron chi connectivity index (χ3n) is 3.48. The van der Waals surface area contributed by atoms with Crippen LogP contribution in [0.3, 0.4) is 0 Å². The molecule has 1 aliphatic heterocycles. The minimum atomic E-state index is 0.712. The summed E-state index contributed by atoms with van der Waals surface area (Å²) in [4.78, 5) is 3.39. The van der Waals surface area contributed by atoms with E-state index in [1.165, 1.54) is 29.3 Å². The smallest absolute Gasteiger partial charge is 0.0601 e. The van der Waals surface area contributed by atoms with Crippen molar-refractivity contribution in [2.75, 3.05) is 13.1 Å². The van der Waals surface area contributed by atoms with Gasteiger partial charge in [-0.3, -0.25) is 0 Å². The second kappa shape index (κ2) is 4.22. The van der Waals surface area contributed by atoms with Gasteiger partial charge in [0.15, 0.2) is 0 Å². The van der Waals surface area contributed by atoms with Gasteiger partial charge in [0.05, 0.1) is 5.52 Å². The fourth-order valence-electron chi connectivity index (χ4n) is 2.61. The number of benzene rings is 1. The molecule has 0 radical (unpaired) electrons. The molecule has 3 rings (SSSR count). The molecule has 2 aromatic rings. The van der Waals surface area contributed by atoms with Crippen LogP contribution >= 0.6 is 15.9 Å². The number of nitrogens with one attached hydrogen (secondary N) is 2. The minimum Gasteiger partial charge on any atom is -0.360 e. The Labute approximate surface area is 104 Å². The Kier molecular flexibility index (Phi) is 2.74. The maximum Gasteiger partial charge on any atom is 0.0601 e. The molecular formula is C13H15BrN2. The Morgan fingerprint density at radius 2 is 2.00 bits per heavy atom. The summed E-state index contributed by atoms with van der Waals surface area (Å²) >= 11 is 3.59. The minimum absolute atomic E-state index is 0.712. The molecular weight excluding hydrogens is 264 g/mol. The van der Waals surface area contributed by atoms with Gasteiger partial charge in [-0.15, -0.1) is 0 Å². The molecule has 1 aliphatic rings. The Morgan fingerprint density at radius 1 is 1.19 bits per heavy atom. The summed E-state index contributed by atoms with van der Waals surface area (Å²) in [7, 11) is 0. The van der Waals surface area contributed by atoms with Gasteiger partial charge in [0, 0.05) is 16.1 Å². The van der Waals surface area contributed by atoms with Crippen LogP contribution in [0.2, 0.25) is 0 Å². The number of hydrogen-bond donors (Lipinski definition) is 2. The molecule has 16 heavy (non-hydrogen) atoms. The predicted octanol–water partition coefficient (Wildman–Crippen LogP) is 3.40.